The number of hydrogen-bond donors (Lipinski definition) is 1. The van der Waals surface area contributed by atoms with E-state index in [0.29, 0.717) is 18.0 Å². The van der Waals surface area contributed by atoms with E-state index in [0.717, 1.165) is 35.7 Å². The van der Waals surface area contributed by atoms with Crippen molar-refractivity contribution in [1.82, 2.24) is 9.62 Å². The summed E-state index contributed by atoms with van der Waals surface area (Å²) in [6, 6.07) is 1.84. The summed E-state index contributed by atoms with van der Waals surface area (Å²) in [5.74, 6) is 0. The summed E-state index contributed by atoms with van der Waals surface area (Å²) in [4.78, 5) is 2.45. The monoisotopic (exact) mass is 328 g/mol. The first kappa shape index (κ1) is 16.7. The number of nitrogens with zero attached hydrogens (tertiary/aromatic N) is 1. The van der Waals surface area contributed by atoms with Gasteiger partial charge in [0.1, 0.15) is 0 Å². The minimum absolute atomic E-state index is 0.480. The molecule has 0 bridgehead atoms. The predicted molar refractivity (Wildman–Crippen MR) is 88.2 cm³/mol. The zero-order valence-electron chi connectivity index (χ0n) is 13.0. The fraction of sp³-hybridized carbons (Fsp3) is 0.600. The minimum Gasteiger partial charge on any atom is -0.312 e. The standard InChI is InChI=1S/C15H24N2O2S2/c1-4-7-16-11-14-10-15(13(3)20-14)21(18,19)17-8-5-12(2)6-9-17/h5,10,16H,4,6-9,11H2,1-3H3. The topological polar surface area (TPSA) is 49.4 Å². The van der Waals surface area contributed by atoms with Crippen LogP contribution in [0.25, 0.3) is 0 Å². The Morgan fingerprint density at radius 2 is 2.14 bits per heavy atom. The molecule has 1 aromatic rings. The molecule has 0 amide bonds. The highest BCUT2D eigenvalue weighted by Gasteiger charge is 2.28. The van der Waals surface area contributed by atoms with Crippen molar-refractivity contribution in [1.29, 1.82) is 0 Å². The molecule has 0 fully saturated rings. The number of hydrogen-bond acceptors (Lipinski definition) is 4. The van der Waals surface area contributed by atoms with Crippen LogP contribution in [-0.4, -0.2) is 32.4 Å². The van der Waals surface area contributed by atoms with Crippen LogP contribution in [0.4, 0.5) is 0 Å². The number of aryl methyl sites for hydroxylation is 1. The third-order valence-corrected chi connectivity index (χ3v) is 6.84. The Kier molecular flexibility index (Phi) is 5.60. The van der Waals surface area contributed by atoms with Gasteiger partial charge in [-0.1, -0.05) is 18.6 Å². The molecule has 2 heterocycles. The quantitative estimate of drug-likeness (QED) is 0.645. The highest BCUT2D eigenvalue weighted by atomic mass is 32.2. The van der Waals surface area contributed by atoms with Crippen LogP contribution in [0.3, 0.4) is 0 Å². The molecule has 6 heteroatoms. The third-order valence-electron chi connectivity index (χ3n) is 3.67. The van der Waals surface area contributed by atoms with Crippen molar-refractivity contribution in [2.24, 2.45) is 0 Å². The maximum Gasteiger partial charge on any atom is 0.244 e. The van der Waals surface area contributed by atoms with E-state index >= 15 is 0 Å². The van der Waals surface area contributed by atoms with Gasteiger partial charge in [-0.3, -0.25) is 0 Å². The molecule has 118 valence electrons. The average molecular weight is 329 g/mol. The molecule has 0 atom stereocenters. The van der Waals surface area contributed by atoms with Crippen molar-refractivity contribution in [3.8, 4) is 0 Å². The smallest absolute Gasteiger partial charge is 0.244 e. The summed E-state index contributed by atoms with van der Waals surface area (Å²) < 4.78 is 27.1. The van der Waals surface area contributed by atoms with E-state index in [9.17, 15) is 8.42 Å². The van der Waals surface area contributed by atoms with Gasteiger partial charge >= 0.3 is 0 Å². The molecule has 1 aliphatic heterocycles. The summed E-state index contributed by atoms with van der Waals surface area (Å²) in [5.41, 5.74) is 1.27. The minimum atomic E-state index is -3.35. The lowest BCUT2D eigenvalue weighted by molar-refractivity contribution is 0.431. The van der Waals surface area contributed by atoms with Crippen LogP contribution in [0.2, 0.25) is 0 Å². The zero-order valence-corrected chi connectivity index (χ0v) is 14.6. The molecule has 1 aromatic heterocycles. The maximum absolute atomic E-state index is 12.7. The van der Waals surface area contributed by atoms with Gasteiger partial charge in [-0.05, 0) is 39.3 Å². The summed E-state index contributed by atoms with van der Waals surface area (Å²) >= 11 is 1.57. The highest BCUT2D eigenvalue weighted by Crippen LogP contribution is 2.29. The van der Waals surface area contributed by atoms with Crippen LogP contribution < -0.4 is 5.32 Å². The van der Waals surface area contributed by atoms with Gasteiger partial charge in [-0.25, -0.2) is 8.42 Å². The van der Waals surface area contributed by atoms with Crippen molar-refractivity contribution < 1.29 is 8.42 Å². The SMILES string of the molecule is CCCNCc1cc(S(=O)(=O)N2CC=C(C)CC2)c(C)s1. The highest BCUT2D eigenvalue weighted by molar-refractivity contribution is 7.89. The number of sulfonamides is 1. The lowest BCUT2D eigenvalue weighted by Gasteiger charge is -2.24. The average Bonchev–Trinajstić information content (AvgIpc) is 2.81. The van der Waals surface area contributed by atoms with Crippen molar-refractivity contribution in [3.05, 3.63) is 27.5 Å². The van der Waals surface area contributed by atoms with Crippen LogP contribution in [0, 0.1) is 6.92 Å². The van der Waals surface area contributed by atoms with Crippen molar-refractivity contribution in [2.45, 2.75) is 45.1 Å². The molecule has 0 spiro atoms. The van der Waals surface area contributed by atoms with E-state index in [-0.39, 0.29) is 0 Å². The Morgan fingerprint density at radius 3 is 2.76 bits per heavy atom. The molecule has 21 heavy (non-hydrogen) atoms. The predicted octanol–water partition coefficient (Wildman–Crippen LogP) is 2.90. The molecule has 1 N–H and O–H groups in total. The van der Waals surface area contributed by atoms with E-state index in [2.05, 4.69) is 19.2 Å². The molecule has 0 aliphatic carbocycles. The zero-order chi connectivity index (χ0) is 15.5. The Bertz CT molecular complexity index is 618. The van der Waals surface area contributed by atoms with Crippen LogP contribution in [0.1, 0.15) is 36.4 Å². The summed E-state index contributed by atoms with van der Waals surface area (Å²) in [5, 5.41) is 3.32. The van der Waals surface area contributed by atoms with Gasteiger partial charge in [0.25, 0.3) is 0 Å². The summed E-state index contributed by atoms with van der Waals surface area (Å²) in [7, 11) is -3.35. The van der Waals surface area contributed by atoms with Crippen LogP contribution in [-0.2, 0) is 16.6 Å². The van der Waals surface area contributed by atoms with E-state index < -0.39 is 10.0 Å². The molecule has 2 rings (SSSR count). The van der Waals surface area contributed by atoms with Crippen molar-refractivity contribution in [2.75, 3.05) is 19.6 Å². The second-order valence-electron chi connectivity index (χ2n) is 5.47. The van der Waals surface area contributed by atoms with Gasteiger partial charge in [-0.2, -0.15) is 4.31 Å². The lowest BCUT2D eigenvalue weighted by atomic mass is 10.1. The van der Waals surface area contributed by atoms with Crippen LogP contribution >= 0.6 is 11.3 Å². The van der Waals surface area contributed by atoms with Gasteiger partial charge in [0, 0.05) is 29.4 Å². The molecular weight excluding hydrogens is 304 g/mol. The molecule has 0 aromatic carbocycles. The van der Waals surface area contributed by atoms with E-state index in [1.807, 2.05) is 19.1 Å². The molecule has 0 saturated heterocycles. The second kappa shape index (κ2) is 7.05. The van der Waals surface area contributed by atoms with E-state index in [4.69, 9.17) is 0 Å². The van der Waals surface area contributed by atoms with Gasteiger partial charge in [0.05, 0.1) is 4.90 Å². The lowest BCUT2D eigenvalue weighted by Crippen LogP contribution is -2.34. The first-order valence-corrected chi connectivity index (χ1v) is 9.66. The van der Waals surface area contributed by atoms with Gasteiger partial charge in [0.2, 0.25) is 10.0 Å². The molecule has 0 radical (unpaired) electrons. The Morgan fingerprint density at radius 1 is 1.38 bits per heavy atom. The van der Waals surface area contributed by atoms with Gasteiger partial charge < -0.3 is 5.32 Å². The second-order valence-corrected chi connectivity index (χ2v) is 8.72. The normalized spacial score (nSPS) is 17.0. The summed E-state index contributed by atoms with van der Waals surface area (Å²) in [6.45, 7) is 8.84. The largest absolute Gasteiger partial charge is 0.312 e. The van der Waals surface area contributed by atoms with Crippen LogP contribution in [0.15, 0.2) is 22.6 Å². The van der Waals surface area contributed by atoms with E-state index in [1.54, 1.807) is 15.6 Å². The molecule has 0 saturated carbocycles. The molecular formula is C15H24N2O2S2. The maximum atomic E-state index is 12.7. The van der Waals surface area contributed by atoms with Crippen molar-refractivity contribution >= 4 is 21.4 Å². The van der Waals surface area contributed by atoms with Crippen molar-refractivity contribution in [3.63, 3.8) is 0 Å². The first-order chi connectivity index (χ1) is 9.95. The third kappa shape index (κ3) is 3.94. The Balaban J connectivity index is 2.16. The molecule has 0 unspecified atom stereocenters. The number of rotatable bonds is 6. The van der Waals surface area contributed by atoms with E-state index in [1.165, 1.54) is 5.57 Å². The first-order valence-electron chi connectivity index (χ1n) is 7.41. The summed E-state index contributed by atoms with van der Waals surface area (Å²) in [6.07, 6.45) is 3.91. The fourth-order valence-corrected chi connectivity index (χ4v) is 5.32. The Labute approximate surface area is 131 Å². The number of nitrogens with one attached hydrogen (secondary N) is 1. The van der Waals surface area contributed by atoms with Gasteiger partial charge in [-0.15, -0.1) is 11.3 Å². The number of thiophene rings is 1. The van der Waals surface area contributed by atoms with Crippen LogP contribution in [0.5, 0.6) is 0 Å². The fourth-order valence-electron chi connectivity index (χ4n) is 2.37. The molecule has 4 nitrogen and oxygen atoms in total. The molecule has 1 aliphatic rings. The Hall–Kier alpha value is -0.690. The van der Waals surface area contributed by atoms with Gasteiger partial charge in [0.15, 0.2) is 0 Å².